The smallest absolute Gasteiger partial charge is 0.263 e. The van der Waals surface area contributed by atoms with Gasteiger partial charge in [-0.05, 0) is 25.1 Å². The fourth-order valence-corrected chi connectivity index (χ4v) is 2.99. The van der Waals surface area contributed by atoms with Gasteiger partial charge in [0.05, 0.1) is 30.4 Å². The van der Waals surface area contributed by atoms with Crippen molar-refractivity contribution in [2.75, 3.05) is 38.4 Å². The Kier molecular flexibility index (Phi) is 9.30. The van der Waals surface area contributed by atoms with Crippen LogP contribution in [0.2, 0.25) is 0 Å². The van der Waals surface area contributed by atoms with Crippen LogP contribution < -0.4 is 33.4 Å². The molecule has 1 saturated heterocycles. The predicted octanol–water partition coefficient (Wildman–Crippen LogP) is 0.558. The molecule has 182 valence electrons. The number of halogens is 2. The summed E-state index contributed by atoms with van der Waals surface area (Å²) < 4.78 is 36.5. The maximum absolute atomic E-state index is 12.8. The molecule has 10 nitrogen and oxygen atoms in total. The van der Waals surface area contributed by atoms with E-state index in [1.807, 2.05) is 0 Å². The number of carbonyl (C=O) groups is 1. The standard InChI is InChI=1S/C21H31F2N7O3/c1-13(24)16(30(27)15-5-3-14(4-6-15)20(22)23)12-33-19(26)8-7-18(25)29-9-10-32-17(11-29)21(31)28-2/h3-8,17,20H,9-12,24-27H2,1-2H3,(H,28,31)/b16-13-,18-7+,19-8+. The van der Waals surface area contributed by atoms with E-state index in [0.717, 1.165) is 0 Å². The Morgan fingerprint density at radius 3 is 2.55 bits per heavy atom. The lowest BCUT2D eigenvalue weighted by molar-refractivity contribution is -0.137. The first kappa shape index (κ1) is 25.7. The van der Waals surface area contributed by atoms with E-state index in [4.69, 9.17) is 32.5 Å². The van der Waals surface area contributed by atoms with Crippen LogP contribution in [0.3, 0.4) is 0 Å². The number of hydrogen-bond donors (Lipinski definition) is 5. The lowest BCUT2D eigenvalue weighted by atomic mass is 10.2. The van der Waals surface area contributed by atoms with Crippen LogP contribution in [-0.4, -0.2) is 50.3 Å². The summed E-state index contributed by atoms with van der Waals surface area (Å²) in [5, 5.41) is 3.79. The number of ether oxygens (including phenoxy) is 2. The number of carbonyl (C=O) groups excluding carboxylic acids is 1. The Labute approximate surface area is 191 Å². The van der Waals surface area contributed by atoms with Gasteiger partial charge in [-0.1, -0.05) is 12.1 Å². The molecule has 0 aromatic heterocycles. The van der Waals surface area contributed by atoms with Crippen molar-refractivity contribution in [1.82, 2.24) is 10.2 Å². The minimum absolute atomic E-state index is 0.0502. The van der Waals surface area contributed by atoms with Gasteiger partial charge >= 0.3 is 0 Å². The Hall–Kier alpha value is -3.51. The van der Waals surface area contributed by atoms with Crippen molar-refractivity contribution in [2.24, 2.45) is 23.0 Å². The van der Waals surface area contributed by atoms with Crippen molar-refractivity contribution >= 4 is 11.6 Å². The van der Waals surface area contributed by atoms with Gasteiger partial charge in [0.1, 0.15) is 6.61 Å². The zero-order valence-corrected chi connectivity index (χ0v) is 18.6. The second-order valence-corrected chi connectivity index (χ2v) is 7.26. The number of allylic oxidation sites excluding steroid dienone is 3. The number of likely N-dealkylation sites (N-methyl/N-ethyl adjacent to an activating group) is 1. The van der Waals surface area contributed by atoms with E-state index in [1.54, 1.807) is 17.9 Å². The zero-order chi connectivity index (χ0) is 24.5. The zero-order valence-electron chi connectivity index (χ0n) is 18.6. The SMILES string of the molecule is CNC(=O)C1CN(/C(N)=C/C=C(\N)OC/C(=C(\C)N)N(N)c2ccc(C(F)F)cc2)CCO1. The average Bonchev–Trinajstić information content (AvgIpc) is 2.81. The van der Waals surface area contributed by atoms with E-state index < -0.39 is 12.5 Å². The van der Waals surface area contributed by atoms with Crippen LogP contribution in [-0.2, 0) is 14.3 Å². The van der Waals surface area contributed by atoms with Crippen molar-refractivity contribution < 1.29 is 23.0 Å². The summed E-state index contributed by atoms with van der Waals surface area (Å²) >= 11 is 0. The first-order valence-electron chi connectivity index (χ1n) is 10.2. The van der Waals surface area contributed by atoms with Gasteiger partial charge in [-0.15, -0.1) is 0 Å². The summed E-state index contributed by atoms with van der Waals surface area (Å²) in [6, 6.07) is 5.49. The topological polar surface area (TPSA) is 158 Å². The van der Waals surface area contributed by atoms with E-state index in [1.165, 1.54) is 42.4 Å². The summed E-state index contributed by atoms with van der Waals surface area (Å²) in [7, 11) is 1.54. The number of nitrogens with two attached hydrogens (primary N) is 4. The van der Waals surface area contributed by atoms with Gasteiger partial charge in [0.2, 0.25) is 0 Å². The molecular weight excluding hydrogens is 436 g/mol. The van der Waals surface area contributed by atoms with Gasteiger partial charge in [-0.2, -0.15) is 0 Å². The average molecular weight is 468 g/mol. The Morgan fingerprint density at radius 1 is 1.30 bits per heavy atom. The molecule has 2 rings (SSSR count). The highest BCUT2D eigenvalue weighted by molar-refractivity contribution is 5.80. The molecular formula is C21H31F2N7O3. The molecule has 12 heteroatoms. The molecule has 0 radical (unpaired) electrons. The first-order valence-corrected chi connectivity index (χ1v) is 10.2. The summed E-state index contributed by atoms with van der Waals surface area (Å²) in [4.78, 5) is 13.6. The maximum atomic E-state index is 12.8. The Bertz CT molecular complexity index is 900. The van der Waals surface area contributed by atoms with Gasteiger partial charge in [0.25, 0.3) is 12.3 Å². The summed E-state index contributed by atoms with van der Waals surface area (Å²) in [6.07, 6.45) is -0.151. The van der Waals surface area contributed by atoms with E-state index in [2.05, 4.69) is 5.32 Å². The number of nitrogens with one attached hydrogen (secondary N) is 1. The minimum Gasteiger partial charge on any atom is -0.473 e. The van der Waals surface area contributed by atoms with Crippen molar-refractivity contribution in [3.05, 3.63) is 65.1 Å². The highest BCUT2D eigenvalue weighted by atomic mass is 19.3. The van der Waals surface area contributed by atoms with Crippen LogP contribution in [0.15, 0.2) is 59.5 Å². The second kappa shape index (κ2) is 11.9. The fraction of sp³-hybridized carbons (Fsp3) is 0.381. The third-order valence-corrected chi connectivity index (χ3v) is 4.93. The largest absolute Gasteiger partial charge is 0.473 e. The van der Waals surface area contributed by atoms with Gasteiger partial charge in [-0.3, -0.25) is 9.80 Å². The predicted molar refractivity (Wildman–Crippen MR) is 121 cm³/mol. The molecule has 0 bridgehead atoms. The van der Waals surface area contributed by atoms with Gasteiger partial charge < -0.3 is 36.9 Å². The summed E-state index contributed by atoms with van der Waals surface area (Å²) in [5.41, 5.74) is 19.0. The molecule has 1 fully saturated rings. The van der Waals surface area contributed by atoms with Crippen molar-refractivity contribution in [1.29, 1.82) is 0 Å². The van der Waals surface area contributed by atoms with Crippen molar-refractivity contribution in [3.63, 3.8) is 0 Å². The molecule has 1 heterocycles. The maximum Gasteiger partial charge on any atom is 0.263 e. The highest BCUT2D eigenvalue weighted by Gasteiger charge is 2.26. The lowest BCUT2D eigenvalue weighted by Gasteiger charge is -2.33. The minimum atomic E-state index is -2.57. The number of hydrogen-bond acceptors (Lipinski definition) is 9. The number of amides is 1. The number of benzene rings is 1. The third-order valence-electron chi connectivity index (χ3n) is 4.93. The Balaban J connectivity index is 2.00. The number of anilines is 1. The Morgan fingerprint density at radius 2 is 1.97 bits per heavy atom. The first-order chi connectivity index (χ1) is 15.6. The molecule has 1 aromatic rings. The molecule has 9 N–H and O–H groups in total. The van der Waals surface area contributed by atoms with Crippen LogP contribution in [0.5, 0.6) is 0 Å². The van der Waals surface area contributed by atoms with Crippen LogP contribution in [0.1, 0.15) is 18.9 Å². The number of hydrazine groups is 1. The van der Waals surface area contributed by atoms with Crippen LogP contribution in [0.4, 0.5) is 14.5 Å². The molecule has 0 aliphatic carbocycles. The summed E-state index contributed by atoms with van der Waals surface area (Å²) in [6.45, 7) is 2.75. The van der Waals surface area contributed by atoms with Gasteiger partial charge in [0.15, 0.2) is 12.0 Å². The fourth-order valence-electron chi connectivity index (χ4n) is 2.99. The second-order valence-electron chi connectivity index (χ2n) is 7.26. The van der Waals surface area contributed by atoms with E-state index >= 15 is 0 Å². The molecule has 1 aliphatic heterocycles. The van der Waals surface area contributed by atoms with Crippen LogP contribution in [0.25, 0.3) is 0 Å². The molecule has 1 unspecified atom stereocenters. The van der Waals surface area contributed by atoms with E-state index in [9.17, 15) is 13.6 Å². The van der Waals surface area contributed by atoms with E-state index in [0.29, 0.717) is 42.6 Å². The van der Waals surface area contributed by atoms with Crippen LogP contribution >= 0.6 is 0 Å². The highest BCUT2D eigenvalue weighted by Crippen LogP contribution is 2.23. The van der Waals surface area contributed by atoms with Gasteiger partial charge in [0, 0.05) is 30.9 Å². The van der Waals surface area contributed by atoms with Crippen molar-refractivity contribution in [3.8, 4) is 0 Å². The van der Waals surface area contributed by atoms with Crippen LogP contribution in [0, 0.1) is 0 Å². The number of morpholine rings is 1. The van der Waals surface area contributed by atoms with Crippen molar-refractivity contribution in [2.45, 2.75) is 19.5 Å². The molecule has 1 atom stereocenters. The normalized spacial score (nSPS) is 18.1. The summed E-state index contributed by atoms with van der Waals surface area (Å²) in [5.74, 6) is 6.32. The third kappa shape index (κ3) is 7.26. The molecule has 1 aliphatic rings. The van der Waals surface area contributed by atoms with E-state index in [-0.39, 0.29) is 24.0 Å². The quantitative estimate of drug-likeness (QED) is 0.151. The molecule has 1 aromatic carbocycles. The van der Waals surface area contributed by atoms with Gasteiger partial charge in [-0.25, -0.2) is 14.6 Å². The molecule has 33 heavy (non-hydrogen) atoms. The number of nitrogens with zero attached hydrogens (tertiary/aromatic N) is 2. The monoisotopic (exact) mass is 467 g/mol. The number of rotatable bonds is 9. The molecule has 0 spiro atoms. The number of alkyl halides is 2. The lowest BCUT2D eigenvalue weighted by Crippen LogP contribution is -2.49. The molecule has 1 amide bonds. The molecule has 0 saturated carbocycles.